The van der Waals surface area contributed by atoms with E-state index in [9.17, 15) is 18.0 Å². The molecule has 3 heterocycles. The van der Waals surface area contributed by atoms with Gasteiger partial charge in [0, 0.05) is 36.1 Å². The summed E-state index contributed by atoms with van der Waals surface area (Å²) in [5.41, 5.74) is 0.593. The molecule has 1 aliphatic rings. The van der Waals surface area contributed by atoms with Crippen molar-refractivity contribution in [2.24, 2.45) is 0 Å². The molecule has 0 radical (unpaired) electrons. The first-order valence-corrected chi connectivity index (χ1v) is 9.61. The Morgan fingerprint density at radius 3 is 2.68 bits per heavy atom. The lowest BCUT2D eigenvalue weighted by molar-refractivity contribution is 0.102. The van der Waals surface area contributed by atoms with Gasteiger partial charge in [0.15, 0.2) is 5.82 Å². The van der Waals surface area contributed by atoms with Crippen LogP contribution in [0.4, 0.5) is 24.7 Å². The predicted molar refractivity (Wildman–Crippen MR) is 110 cm³/mol. The lowest BCUT2D eigenvalue weighted by atomic mass is 10.0. The monoisotopic (exact) mass is 428 g/mol. The minimum atomic E-state index is -1.04. The number of nitrogens with one attached hydrogen (secondary N) is 1. The topological polar surface area (TPSA) is 67.3 Å². The molecule has 160 valence electrons. The number of rotatable bonds is 5. The maximum absolute atomic E-state index is 14.6. The molecule has 1 unspecified atom stereocenters. The second kappa shape index (κ2) is 8.63. The molecular weight excluding hydrogens is 409 g/mol. The number of alkyl halides is 1. The van der Waals surface area contributed by atoms with E-state index in [1.54, 1.807) is 4.90 Å². The van der Waals surface area contributed by atoms with Crippen molar-refractivity contribution >= 4 is 17.4 Å². The number of nitrogens with zero attached hydrogens (tertiary/aromatic N) is 3. The molecule has 1 aromatic carbocycles. The molecule has 1 fully saturated rings. The number of amides is 1. The summed E-state index contributed by atoms with van der Waals surface area (Å²) in [4.78, 5) is 22.9. The molecule has 0 aliphatic carbocycles. The fraction of sp³-hybridized carbons (Fsp3) is 0.227. The van der Waals surface area contributed by atoms with Gasteiger partial charge in [0.1, 0.15) is 17.8 Å². The largest absolute Gasteiger partial charge is 0.481 e. The highest BCUT2D eigenvalue weighted by molar-refractivity contribution is 6.08. The molecule has 0 bridgehead atoms. The molecule has 4 rings (SSSR count). The smallest absolute Gasteiger partial charge is 0.257 e. The first kappa shape index (κ1) is 20.6. The number of ether oxygens (including phenoxy) is 1. The third-order valence-electron chi connectivity index (χ3n) is 5.03. The Morgan fingerprint density at radius 1 is 1.16 bits per heavy atom. The van der Waals surface area contributed by atoms with Crippen LogP contribution in [0.2, 0.25) is 0 Å². The maximum atomic E-state index is 14.6. The number of pyridine rings is 2. The molecule has 1 atom stereocenters. The van der Waals surface area contributed by atoms with E-state index >= 15 is 0 Å². The zero-order chi connectivity index (χ0) is 22.0. The first-order chi connectivity index (χ1) is 15.0. The van der Waals surface area contributed by atoms with Crippen molar-refractivity contribution in [3.05, 3.63) is 66.0 Å². The molecule has 1 saturated heterocycles. The third kappa shape index (κ3) is 4.30. The predicted octanol–water partition coefficient (Wildman–Crippen LogP) is 4.23. The SMILES string of the molecule is COc1ccc(C(=O)Nc2c(-c3cc(F)ccc3F)ccnc2N2CCC(F)C2)cn1. The zero-order valence-corrected chi connectivity index (χ0v) is 16.6. The second-order valence-corrected chi connectivity index (χ2v) is 7.06. The Bertz CT molecular complexity index is 1110. The fourth-order valence-corrected chi connectivity index (χ4v) is 3.47. The molecule has 31 heavy (non-hydrogen) atoms. The Hall–Kier alpha value is -3.62. The van der Waals surface area contributed by atoms with Crippen LogP contribution in [-0.2, 0) is 0 Å². The van der Waals surface area contributed by atoms with Gasteiger partial charge in [0.05, 0.1) is 24.9 Å². The Balaban J connectivity index is 1.78. The van der Waals surface area contributed by atoms with Crippen LogP contribution in [0.5, 0.6) is 5.88 Å². The van der Waals surface area contributed by atoms with E-state index in [0.717, 1.165) is 18.2 Å². The van der Waals surface area contributed by atoms with Crippen LogP contribution >= 0.6 is 0 Å². The quantitative estimate of drug-likeness (QED) is 0.659. The normalized spacial score (nSPS) is 15.7. The second-order valence-electron chi connectivity index (χ2n) is 7.06. The van der Waals surface area contributed by atoms with Gasteiger partial charge in [-0.05, 0) is 36.8 Å². The summed E-state index contributed by atoms with van der Waals surface area (Å²) in [6, 6.07) is 7.59. The van der Waals surface area contributed by atoms with E-state index < -0.39 is 23.7 Å². The summed E-state index contributed by atoms with van der Waals surface area (Å²) >= 11 is 0. The summed E-state index contributed by atoms with van der Waals surface area (Å²) in [6.07, 6.45) is 2.03. The van der Waals surface area contributed by atoms with Gasteiger partial charge in [-0.2, -0.15) is 0 Å². The van der Waals surface area contributed by atoms with Gasteiger partial charge < -0.3 is 15.0 Å². The Morgan fingerprint density at radius 2 is 2.00 bits per heavy atom. The van der Waals surface area contributed by atoms with Crippen molar-refractivity contribution in [1.29, 1.82) is 0 Å². The number of aromatic nitrogens is 2. The van der Waals surface area contributed by atoms with Crippen LogP contribution in [0.15, 0.2) is 48.8 Å². The lowest BCUT2D eigenvalue weighted by Crippen LogP contribution is -2.24. The van der Waals surface area contributed by atoms with Crippen molar-refractivity contribution in [1.82, 2.24) is 9.97 Å². The van der Waals surface area contributed by atoms with Gasteiger partial charge >= 0.3 is 0 Å². The number of hydrogen-bond donors (Lipinski definition) is 1. The standard InChI is InChI=1S/C22H19F3N4O2/c1-31-19-5-2-13(11-27-19)22(30)28-20-16(17-10-14(23)3-4-18(17)25)6-8-26-21(20)29-9-7-15(24)12-29/h2-6,8,10-11,15H,7,9,12H2,1H3,(H,28,30). The number of carbonyl (C=O) groups excluding carboxylic acids is 1. The van der Waals surface area contributed by atoms with E-state index in [4.69, 9.17) is 4.74 Å². The highest BCUT2D eigenvalue weighted by Crippen LogP contribution is 2.38. The molecule has 3 aromatic rings. The summed E-state index contributed by atoms with van der Waals surface area (Å²) in [5.74, 6) is -1.19. The average Bonchev–Trinajstić information content (AvgIpc) is 3.21. The lowest BCUT2D eigenvalue weighted by Gasteiger charge is -2.22. The van der Waals surface area contributed by atoms with Crippen molar-refractivity contribution in [3.8, 4) is 17.0 Å². The number of halogens is 3. The minimum Gasteiger partial charge on any atom is -0.481 e. The molecule has 6 nitrogen and oxygen atoms in total. The molecule has 1 aliphatic heterocycles. The Kier molecular flexibility index (Phi) is 5.75. The number of benzene rings is 1. The van der Waals surface area contributed by atoms with Gasteiger partial charge in [0.25, 0.3) is 5.91 Å². The van der Waals surface area contributed by atoms with Crippen LogP contribution in [0.25, 0.3) is 11.1 Å². The van der Waals surface area contributed by atoms with E-state index in [-0.39, 0.29) is 34.7 Å². The number of hydrogen-bond acceptors (Lipinski definition) is 5. The van der Waals surface area contributed by atoms with E-state index in [1.807, 2.05) is 0 Å². The number of carbonyl (C=O) groups is 1. The average molecular weight is 428 g/mol. The van der Waals surface area contributed by atoms with Crippen LogP contribution in [0.1, 0.15) is 16.8 Å². The number of anilines is 2. The summed E-state index contributed by atoms with van der Waals surface area (Å²) in [6.45, 7) is 0.477. The molecule has 9 heteroatoms. The van der Waals surface area contributed by atoms with Crippen molar-refractivity contribution in [2.45, 2.75) is 12.6 Å². The molecule has 0 saturated carbocycles. The van der Waals surface area contributed by atoms with Crippen molar-refractivity contribution in [3.63, 3.8) is 0 Å². The summed E-state index contributed by atoms with van der Waals surface area (Å²) in [5, 5.41) is 2.73. The van der Waals surface area contributed by atoms with Gasteiger partial charge in [-0.1, -0.05) is 0 Å². The molecule has 0 spiro atoms. The van der Waals surface area contributed by atoms with Gasteiger partial charge in [-0.3, -0.25) is 4.79 Å². The molecule has 1 amide bonds. The van der Waals surface area contributed by atoms with Crippen molar-refractivity contribution < 1.29 is 22.7 Å². The van der Waals surface area contributed by atoms with Gasteiger partial charge in [-0.25, -0.2) is 23.1 Å². The highest BCUT2D eigenvalue weighted by atomic mass is 19.1. The first-order valence-electron chi connectivity index (χ1n) is 9.61. The minimum absolute atomic E-state index is 0.0391. The molecule has 2 aromatic heterocycles. The van der Waals surface area contributed by atoms with E-state index in [1.165, 1.54) is 37.7 Å². The van der Waals surface area contributed by atoms with Gasteiger partial charge in [-0.15, -0.1) is 0 Å². The van der Waals surface area contributed by atoms with Crippen LogP contribution in [0.3, 0.4) is 0 Å². The highest BCUT2D eigenvalue weighted by Gasteiger charge is 2.27. The Labute approximate surface area is 176 Å². The third-order valence-corrected chi connectivity index (χ3v) is 5.03. The zero-order valence-electron chi connectivity index (χ0n) is 16.6. The molecule has 1 N–H and O–H groups in total. The van der Waals surface area contributed by atoms with Crippen LogP contribution in [0, 0.1) is 11.6 Å². The van der Waals surface area contributed by atoms with Crippen LogP contribution < -0.4 is 15.0 Å². The van der Waals surface area contributed by atoms with Crippen molar-refractivity contribution in [2.75, 3.05) is 30.4 Å². The summed E-state index contributed by atoms with van der Waals surface area (Å²) in [7, 11) is 1.46. The maximum Gasteiger partial charge on any atom is 0.257 e. The fourth-order valence-electron chi connectivity index (χ4n) is 3.47. The van der Waals surface area contributed by atoms with Crippen LogP contribution in [-0.4, -0.2) is 42.2 Å². The summed E-state index contributed by atoms with van der Waals surface area (Å²) < 4.78 is 47.3. The van der Waals surface area contributed by atoms with E-state index in [0.29, 0.717) is 18.8 Å². The molecular formula is C22H19F3N4O2. The van der Waals surface area contributed by atoms with E-state index in [2.05, 4.69) is 15.3 Å². The number of methoxy groups -OCH3 is 1. The van der Waals surface area contributed by atoms with Gasteiger partial charge in [0.2, 0.25) is 5.88 Å².